The number of Topliss-reactive ketones (excluding diaryl/α,β-unsaturated/α-hetero) is 1. The Morgan fingerprint density at radius 2 is 1.42 bits per heavy atom. The van der Waals surface area contributed by atoms with Gasteiger partial charge in [-0.15, -0.1) is 0 Å². The molecule has 0 heterocycles. The Morgan fingerprint density at radius 1 is 0.895 bits per heavy atom. The summed E-state index contributed by atoms with van der Waals surface area (Å²) in [4.78, 5) is 13.9. The quantitative estimate of drug-likeness (QED) is 0.568. The second-order valence-electron chi connectivity index (χ2n) is 3.88. The number of benzene rings is 2. The van der Waals surface area contributed by atoms with E-state index < -0.39 is 0 Å². The van der Waals surface area contributed by atoms with Crippen molar-refractivity contribution in [2.75, 3.05) is 0 Å². The van der Waals surface area contributed by atoms with E-state index in [9.17, 15) is 4.79 Å². The molecule has 3 heteroatoms. The van der Waals surface area contributed by atoms with Crippen LogP contribution in [0.2, 0.25) is 0 Å². The summed E-state index contributed by atoms with van der Waals surface area (Å²) in [6.07, 6.45) is 0. The summed E-state index contributed by atoms with van der Waals surface area (Å²) in [5.41, 5.74) is 0. The first-order valence-corrected chi connectivity index (χ1v) is 9.47. The molecule has 0 fully saturated rings. The summed E-state index contributed by atoms with van der Waals surface area (Å²) in [7, 11) is 0. The average Bonchev–Trinajstić information content (AvgIpc) is 2.45. The molecule has 0 saturated heterocycles. The Balaban J connectivity index is 2.10. The van der Waals surface area contributed by atoms with Crippen LogP contribution in [0.5, 0.6) is 0 Å². The molecule has 0 atom stereocenters. The summed E-state index contributed by atoms with van der Waals surface area (Å²) >= 11 is 0.350. The van der Waals surface area contributed by atoms with Gasteiger partial charge in [-0.25, -0.2) is 0 Å². The number of hydrogen-bond acceptors (Lipinski definition) is 1. The van der Waals surface area contributed by atoms with Crippen LogP contribution in [0.25, 0.3) is 0 Å². The summed E-state index contributed by atoms with van der Waals surface area (Å²) < 4.78 is 3.53. The van der Waals surface area contributed by atoms with Gasteiger partial charge in [0.05, 0.1) is 0 Å². The molecule has 0 saturated carbocycles. The van der Waals surface area contributed by atoms with Crippen molar-refractivity contribution in [2.45, 2.75) is 6.92 Å². The minimum absolute atomic E-state index is 0.115. The van der Waals surface area contributed by atoms with Crippen LogP contribution in [0.3, 0.4) is 0 Å². The Kier molecular flexibility index (Phi) is 5.62. The van der Waals surface area contributed by atoms with E-state index in [0.29, 0.717) is 0 Å². The van der Waals surface area contributed by atoms with E-state index in [1.54, 1.807) is 6.92 Å². The van der Waals surface area contributed by atoms with Gasteiger partial charge in [-0.05, 0) is 0 Å². The zero-order valence-electron chi connectivity index (χ0n) is 10.6. The van der Waals surface area contributed by atoms with Gasteiger partial charge >= 0.3 is 126 Å². The first kappa shape index (κ1) is 14.3. The average molecular weight is 380 g/mol. The molecule has 19 heavy (non-hydrogen) atoms. The van der Waals surface area contributed by atoms with Crippen LogP contribution >= 0.6 is 0 Å². The van der Waals surface area contributed by atoms with E-state index in [-0.39, 0.29) is 35.7 Å². The number of carbonyl (C=O) groups is 1. The van der Waals surface area contributed by atoms with Gasteiger partial charge in [0.25, 0.3) is 0 Å². The summed E-state index contributed by atoms with van der Waals surface area (Å²) in [5, 5.41) is 0. The normalized spacial score (nSPS) is 11.3. The molecule has 0 spiro atoms. The minimum atomic E-state index is 0.115. The predicted octanol–water partition coefficient (Wildman–Crippen LogP) is 1.48. The topological polar surface area (TPSA) is 17.1 Å². The Bertz CT molecular complexity index is 562. The fourth-order valence-corrected chi connectivity index (χ4v) is 5.53. The number of hydrogen-bond donors (Lipinski definition) is 0. The summed E-state index contributed by atoms with van der Waals surface area (Å²) in [6, 6.07) is 20.6. The van der Waals surface area contributed by atoms with Crippen LogP contribution in [0.1, 0.15) is 6.92 Å². The van der Waals surface area contributed by atoms with Crippen molar-refractivity contribution in [1.29, 1.82) is 0 Å². The van der Waals surface area contributed by atoms with Crippen LogP contribution in [-0.4, -0.2) is 35.7 Å². The SMILES string of the molecule is CC(=O)/C(=C\[Se]c1ccccc1)[Se]c1ccccc1. The molecule has 0 aliphatic heterocycles. The van der Waals surface area contributed by atoms with Crippen LogP contribution in [0.15, 0.2) is 70.1 Å². The summed E-state index contributed by atoms with van der Waals surface area (Å²) in [6.45, 7) is 1.66. The molecule has 0 aliphatic carbocycles. The Hall–Kier alpha value is -1.11. The summed E-state index contributed by atoms with van der Waals surface area (Å²) in [5.74, 6) is 0.196. The van der Waals surface area contributed by atoms with E-state index >= 15 is 0 Å². The molecule has 0 amide bonds. The number of carbonyl (C=O) groups excluding carboxylic acids is 1. The van der Waals surface area contributed by atoms with Gasteiger partial charge in [0, 0.05) is 0 Å². The van der Waals surface area contributed by atoms with Crippen LogP contribution in [0, 0.1) is 0 Å². The first-order chi connectivity index (χ1) is 9.25. The molecule has 2 rings (SSSR count). The van der Waals surface area contributed by atoms with Crippen LogP contribution in [-0.2, 0) is 4.79 Å². The maximum atomic E-state index is 11.7. The predicted molar refractivity (Wildman–Crippen MR) is 82.4 cm³/mol. The molecule has 0 N–H and O–H groups in total. The van der Waals surface area contributed by atoms with E-state index in [1.807, 2.05) is 36.4 Å². The maximum absolute atomic E-state index is 11.7. The van der Waals surface area contributed by atoms with Crippen molar-refractivity contribution >= 4 is 44.6 Å². The van der Waals surface area contributed by atoms with Crippen molar-refractivity contribution in [3.05, 3.63) is 70.1 Å². The van der Waals surface area contributed by atoms with Crippen molar-refractivity contribution < 1.29 is 4.79 Å². The fourth-order valence-electron chi connectivity index (χ4n) is 1.42. The van der Waals surface area contributed by atoms with E-state index in [2.05, 4.69) is 29.2 Å². The Morgan fingerprint density at radius 3 is 1.95 bits per heavy atom. The van der Waals surface area contributed by atoms with Gasteiger partial charge in [0.15, 0.2) is 0 Å². The zero-order valence-corrected chi connectivity index (χ0v) is 14.0. The molecule has 96 valence electrons. The van der Waals surface area contributed by atoms with E-state index in [1.165, 1.54) is 8.92 Å². The van der Waals surface area contributed by atoms with Gasteiger partial charge < -0.3 is 0 Å². The molecule has 2 aromatic carbocycles. The molecule has 1 nitrogen and oxygen atoms in total. The van der Waals surface area contributed by atoms with Gasteiger partial charge in [-0.2, -0.15) is 0 Å². The molecule has 0 aromatic heterocycles. The van der Waals surface area contributed by atoms with Gasteiger partial charge in [-0.1, -0.05) is 0 Å². The molecule has 0 radical (unpaired) electrons. The molecule has 0 aliphatic rings. The molecule has 0 bridgehead atoms. The van der Waals surface area contributed by atoms with Gasteiger partial charge in [0.1, 0.15) is 0 Å². The molecular weight excluding hydrogens is 366 g/mol. The monoisotopic (exact) mass is 382 g/mol. The second-order valence-corrected chi connectivity index (χ2v) is 8.20. The van der Waals surface area contributed by atoms with Gasteiger partial charge in [-0.3, -0.25) is 0 Å². The number of allylic oxidation sites excluding steroid dienone is 1. The third kappa shape index (κ3) is 4.81. The zero-order chi connectivity index (χ0) is 13.5. The van der Waals surface area contributed by atoms with Crippen molar-refractivity contribution in [1.82, 2.24) is 0 Å². The van der Waals surface area contributed by atoms with Crippen LogP contribution < -0.4 is 8.92 Å². The third-order valence-electron chi connectivity index (χ3n) is 2.36. The Labute approximate surface area is 126 Å². The molecule has 2 aromatic rings. The van der Waals surface area contributed by atoms with Crippen molar-refractivity contribution in [3.8, 4) is 0 Å². The molecule has 0 unspecified atom stereocenters. The first-order valence-electron chi connectivity index (χ1n) is 5.91. The van der Waals surface area contributed by atoms with Gasteiger partial charge in [0.2, 0.25) is 0 Å². The fraction of sp³-hybridized carbons (Fsp3) is 0.0625. The molecular formula is C16H14OSe2. The van der Waals surface area contributed by atoms with Crippen molar-refractivity contribution in [3.63, 3.8) is 0 Å². The third-order valence-corrected chi connectivity index (χ3v) is 7.38. The standard InChI is InChI=1S/C16H14OSe2/c1-13(17)16(19-15-10-6-3-7-11-15)12-18-14-8-4-2-5-9-14/h2-12H,1H3/b16-12+. The van der Waals surface area contributed by atoms with Crippen LogP contribution in [0.4, 0.5) is 0 Å². The number of rotatable bonds is 5. The number of ketones is 1. The van der Waals surface area contributed by atoms with E-state index in [0.717, 1.165) is 4.47 Å². The van der Waals surface area contributed by atoms with Crippen molar-refractivity contribution in [2.24, 2.45) is 0 Å². The second kappa shape index (κ2) is 7.47. The van der Waals surface area contributed by atoms with E-state index in [4.69, 9.17) is 0 Å².